The lowest BCUT2D eigenvalue weighted by atomic mass is 9.81. The van der Waals surface area contributed by atoms with E-state index in [0.717, 1.165) is 36.7 Å². The second-order valence-corrected chi connectivity index (χ2v) is 8.12. The molecule has 0 spiro atoms. The number of pyridine rings is 1. The van der Waals surface area contributed by atoms with E-state index < -0.39 is 0 Å². The number of carbonyl (C=O) groups is 2. The van der Waals surface area contributed by atoms with Crippen LogP contribution in [0.3, 0.4) is 0 Å². The van der Waals surface area contributed by atoms with Crippen LogP contribution < -0.4 is 16.0 Å². The molecule has 2 aliphatic heterocycles. The van der Waals surface area contributed by atoms with Crippen LogP contribution in [0.5, 0.6) is 0 Å². The summed E-state index contributed by atoms with van der Waals surface area (Å²) in [5.74, 6) is 0.940. The number of nitrogens with zero attached hydrogens (tertiary/aromatic N) is 2. The van der Waals surface area contributed by atoms with E-state index >= 15 is 0 Å². The van der Waals surface area contributed by atoms with Crippen molar-refractivity contribution < 1.29 is 14.3 Å². The van der Waals surface area contributed by atoms with Crippen LogP contribution in [-0.4, -0.2) is 59.8 Å². The van der Waals surface area contributed by atoms with Crippen LogP contribution in [0.4, 0.5) is 5.82 Å². The van der Waals surface area contributed by atoms with Gasteiger partial charge in [-0.3, -0.25) is 19.8 Å². The summed E-state index contributed by atoms with van der Waals surface area (Å²) in [6.07, 6.45) is 2.80. The van der Waals surface area contributed by atoms with Crippen LogP contribution in [0.25, 0.3) is 10.9 Å². The van der Waals surface area contributed by atoms with Crippen molar-refractivity contribution in [3.8, 4) is 0 Å². The lowest BCUT2D eigenvalue weighted by molar-refractivity contribution is -0.124. The molecule has 2 aromatic rings. The lowest BCUT2D eigenvalue weighted by Crippen LogP contribution is -2.63. The summed E-state index contributed by atoms with van der Waals surface area (Å²) < 4.78 is 5.91. The first-order valence-electron chi connectivity index (χ1n) is 10.2. The van der Waals surface area contributed by atoms with Crippen molar-refractivity contribution in [2.24, 2.45) is 5.92 Å². The molecule has 1 aromatic carbocycles. The van der Waals surface area contributed by atoms with Crippen LogP contribution in [0.15, 0.2) is 36.4 Å². The normalized spacial score (nSPS) is 29.2. The van der Waals surface area contributed by atoms with Crippen molar-refractivity contribution in [2.45, 2.75) is 37.7 Å². The number of carbonyl (C=O) groups excluding carboxylic acids is 2. The number of benzene rings is 1. The molecule has 2 amide bonds. The topological polar surface area (TPSA) is 95.6 Å². The minimum Gasteiger partial charge on any atom is -0.368 e. The van der Waals surface area contributed by atoms with Crippen LogP contribution in [0.1, 0.15) is 19.3 Å². The van der Waals surface area contributed by atoms with Gasteiger partial charge in [0.2, 0.25) is 5.91 Å². The predicted octanol–water partition coefficient (Wildman–Crippen LogP) is 1.05. The first-order valence-corrected chi connectivity index (χ1v) is 10.2. The molecule has 1 saturated carbocycles. The Kier molecular flexibility index (Phi) is 4.91. The molecule has 4 atom stereocenters. The van der Waals surface area contributed by atoms with E-state index in [-0.39, 0.29) is 30.8 Å². The number of ether oxygens (including phenoxy) is 1. The molecule has 3 fully saturated rings. The zero-order valence-corrected chi connectivity index (χ0v) is 16.1. The summed E-state index contributed by atoms with van der Waals surface area (Å²) in [5.41, 5.74) is 0.848. The number of para-hydroxylation sites is 1. The molecule has 29 heavy (non-hydrogen) atoms. The molecule has 1 aromatic heterocycles. The van der Waals surface area contributed by atoms with E-state index in [1.54, 1.807) is 6.07 Å². The fourth-order valence-electron chi connectivity index (χ4n) is 4.66. The standard InChI is InChI=1S/C21H25N5O3/c27-19-11-26-10-14-5-7-15(9-17(14)23-21(26)25-19)29-12-20(28)24-18-8-6-13-3-1-2-4-16(13)22-18/h1-4,6,8,14-15,17,21,23H,5,7,9-12H2,(H,25,27)(H,22,24,28). The molecule has 3 N–H and O–H groups in total. The molecule has 2 saturated heterocycles. The molecule has 0 bridgehead atoms. The van der Waals surface area contributed by atoms with E-state index in [2.05, 4.69) is 25.8 Å². The van der Waals surface area contributed by atoms with Crippen molar-refractivity contribution in [1.29, 1.82) is 0 Å². The van der Waals surface area contributed by atoms with Crippen LogP contribution in [0, 0.1) is 5.92 Å². The van der Waals surface area contributed by atoms with Gasteiger partial charge in [0.25, 0.3) is 5.91 Å². The van der Waals surface area contributed by atoms with Gasteiger partial charge >= 0.3 is 0 Å². The van der Waals surface area contributed by atoms with E-state index in [4.69, 9.17) is 4.74 Å². The second-order valence-electron chi connectivity index (χ2n) is 8.12. The van der Waals surface area contributed by atoms with Gasteiger partial charge in [-0.1, -0.05) is 18.2 Å². The maximum atomic E-state index is 12.3. The Bertz CT molecular complexity index is 935. The van der Waals surface area contributed by atoms with Gasteiger partial charge < -0.3 is 15.4 Å². The van der Waals surface area contributed by atoms with Gasteiger partial charge in [0, 0.05) is 18.0 Å². The quantitative estimate of drug-likeness (QED) is 0.716. The average molecular weight is 395 g/mol. The summed E-state index contributed by atoms with van der Waals surface area (Å²) in [4.78, 5) is 30.6. The molecule has 5 rings (SSSR count). The molecule has 1 aliphatic carbocycles. The highest BCUT2D eigenvalue weighted by atomic mass is 16.5. The van der Waals surface area contributed by atoms with E-state index in [1.807, 2.05) is 30.3 Å². The zero-order chi connectivity index (χ0) is 19.8. The Balaban J connectivity index is 1.12. The molecule has 3 aliphatic rings. The number of hydrogen-bond acceptors (Lipinski definition) is 6. The monoisotopic (exact) mass is 395 g/mol. The highest BCUT2D eigenvalue weighted by Gasteiger charge is 2.42. The van der Waals surface area contributed by atoms with E-state index in [9.17, 15) is 9.59 Å². The van der Waals surface area contributed by atoms with Gasteiger partial charge in [-0.2, -0.15) is 0 Å². The smallest absolute Gasteiger partial charge is 0.251 e. The minimum atomic E-state index is -0.194. The Labute approximate surface area is 169 Å². The summed E-state index contributed by atoms with van der Waals surface area (Å²) >= 11 is 0. The first-order chi connectivity index (χ1) is 14.1. The number of aromatic nitrogens is 1. The van der Waals surface area contributed by atoms with Crippen molar-refractivity contribution in [2.75, 3.05) is 25.0 Å². The number of amides is 2. The van der Waals surface area contributed by atoms with Gasteiger partial charge in [0.1, 0.15) is 18.7 Å². The van der Waals surface area contributed by atoms with Gasteiger partial charge in [-0.15, -0.1) is 0 Å². The third-order valence-corrected chi connectivity index (χ3v) is 6.11. The summed E-state index contributed by atoms with van der Waals surface area (Å²) in [6.45, 7) is 1.43. The molecular weight excluding hydrogens is 370 g/mol. The summed E-state index contributed by atoms with van der Waals surface area (Å²) in [6, 6.07) is 11.9. The fourth-order valence-corrected chi connectivity index (χ4v) is 4.66. The highest BCUT2D eigenvalue weighted by molar-refractivity contribution is 5.92. The lowest BCUT2D eigenvalue weighted by Gasteiger charge is -2.45. The number of anilines is 1. The number of fused-ring (bicyclic) bond motifs is 3. The van der Waals surface area contributed by atoms with Gasteiger partial charge in [0.05, 0.1) is 18.2 Å². The minimum absolute atomic E-state index is 0.0167. The third-order valence-electron chi connectivity index (χ3n) is 6.11. The van der Waals surface area contributed by atoms with E-state index in [1.165, 1.54) is 0 Å². The molecule has 0 radical (unpaired) electrons. The molecule has 8 heteroatoms. The highest BCUT2D eigenvalue weighted by Crippen LogP contribution is 2.31. The number of nitrogens with one attached hydrogen (secondary N) is 3. The molecule has 3 heterocycles. The molecule has 8 nitrogen and oxygen atoms in total. The van der Waals surface area contributed by atoms with Gasteiger partial charge in [-0.05, 0) is 43.4 Å². The van der Waals surface area contributed by atoms with Crippen LogP contribution in [0.2, 0.25) is 0 Å². The largest absolute Gasteiger partial charge is 0.368 e. The molecular formula is C21H25N5O3. The second kappa shape index (κ2) is 7.70. The van der Waals surface area contributed by atoms with Crippen molar-refractivity contribution in [1.82, 2.24) is 20.5 Å². The Morgan fingerprint density at radius 3 is 3.07 bits per heavy atom. The summed E-state index contributed by atoms with van der Waals surface area (Å²) in [7, 11) is 0. The Hall–Kier alpha value is -2.55. The van der Waals surface area contributed by atoms with Gasteiger partial charge in [0.15, 0.2) is 0 Å². The van der Waals surface area contributed by atoms with Crippen LogP contribution in [-0.2, 0) is 14.3 Å². The zero-order valence-electron chi connectivity index (χ0n) is 16.1. The van der Waals surface area contributed by atoms with Crippen molar-refractivity contribution >= 4 is 28.5 Å². The molecule has 152 valence electrons. The van der Waals surface area contributed by atoms with E-state index in [0.29, 0.717) is 24.3 Å². The Morgan fingerprint density at radius 1 is 1.24 bits per heavy atom. The maximum absolute atomic E-state index is 12.3. The predicted molar refractivity (Wildman–Crippen MR) is 108 cm³/mol. The maximum Gasteiger partial charge on any atom is 0.251 e. The van der Waals surface area contributed by atoms with Crippen molar-refractivity contribution in [3.05, 3.63) is 36.4 Å². The average Bonchev–Trinajstić information content (AvgIpc) is 3.09. The van der Waals surface area contributed by atoms with Crippen LogP contribution >= 0.6 is 0 Å². The first kappa shape index (κ1) is 18.5. The van der Waals surface area contributed by atoms with Crippen molar-refractivity contribution in [3.63, 3.8) is 0 Å². The molecule has 4 unspecified atom stereocenters. The summed E-state index contributed by atoms with van der Waals surface area (Å²) in [5, 5.41) is 10.3. The third kappa shape index (κ3) is 3.96. The number of hydrogen-bond donors (Lipinski definition) is 3. The SMILES string of the molecule is O=C(COC1CCC2CN3CC(=O)NC3NC2C1)Nc1ccc2ccccc2n1. The number of rotatable bonds is 4. The Morgan fingerprint density at radius 2 is 2.14 bits per heavy atom. The van der Waals surface area contributed by atoms with Gasteiger partial charge in [-0.25, -0.2) is 4.98 Å². The fraction of sp³-hybridized carbons (Fsp3) is 0.476.